The molecule has 1 aromatic rings. The highest BCUT2D eigenvalue weighted by Gasteiger charge is 2.24. The van der Waals surface area contributed by atoms with Gasteiger partial charge in [0, 0.05) is 18.7 Å². The van der Waals surface area contributed by atoms with Crippen molar-refractivity contribution in [3.63, 3.8) is 0 Å². The Kier molecular flexibility index (Phi) is 3.50. The summed E-state index contributed by atoms with van der Waals surface area (Å²) in [6, 6.07) is 0. The van der Waals surface area contributed by atoms with Crippen molar-refractivity contribution < 1.29 is 0 Å². The summed E-state index contributed by atoms with van der Waals surface area (Å²) in [7, 11) is 0. The van der Waals surface area contributed by atoms with Crippen molar-refractivity contribution in [3.8, 4) is 0 Å². The van der Waals surface area contributed by atoms with Gasteiger partial charge in [0.1, 0.15) is 17.5 Å². The second kappa shape index (κ2) is 4.90. The van der Waals surface area contributed by atoms with E-state index in [1.807, 2.05) is 13.8 Å². The van der Waals surface area contributed by atoms with Gasteiger partial charge < -0.3 is 10.6 Å². The normalized spacial score (nSPS) is 19.9. The maximum atomic E-state index is 5.90. The first-order chi connectivity index (χ1) is 8.11. The number of nitrogen functional groups attached to an aromatic ring is 1. The molecule has 1 fully saturated rings. The van der Waals surface area contributed by atoms with Crippen molar-refractivity contribution in [2.45, 2.75) is 40.0 Å². The summed E-state index contributed by atoms with van der Waals surface area (Å²) in [5.41, 5.74) is 6.93. The van der Waals surface area contributed by atoms with Crippen LogP contribution in [-0.2, 0) is 0 Å². The third kappa shape index (κ3) is 2.51. The molecule has 17 heavy (non-hydrogen) atoms. The molecule has 0 aromatic carbocycles. The smallest absolute Gasteiger partial charge is 0.137 e. The van der Waals surface area contributed by atoms with Crippen LogP contribution in [0.15, 0.2) is 0 Å². The maximum absolute atomic E-state index is 5.90. The SMILES string of the molecule is CCCC1CCN(c2nc(C)nc(N)c2C)C1. The summed E-state index contributed by atoms with van der Waals surface area (Å²) in [5, 5.41) is 0. The van der Waals surface area contributed by atoms with E-state index in [9.17, 15) is 0 Å². The fourth-order valence-corrected chi connectivity index (χ4v) is 2.61. The molecular weight excluding hydrogens is 212 g/mol. The van der Waals surface area contributed by atoms with Crippen LogP contribution in [0, 0.1) is 19.8 Å². The van der Waals surface area contributed by atoms with Crippen LogP contribution in [0.2, 0.25) is 0 Å². The molecule has 1 aliphatic rings. The fraction of sp³-hybridized carbons (Fsp3) is 0.692. The van der Waals surface area contributed by atoms with E-state index in [-0.39, 0.29) is 0 Å². The molecule has 4 nitrogen and oxygen atoms in total. The number of nitrogens with zero attached hydrogens (tertiary/aromatic N) is 3. The number of hydrogen-bond donors (Lipinski definition) is 1. The molecule has 0 radical (unpaired) electrons. The van der Waals surface area contributed by atoms with Gasteiger partial charge in [0.2, 0.25) is 0 Å². The van der Waals surface area contributed by atoms with Crippen LogP contribution in [0.3, 0.4) is 0 Å². The maximum Gasteiger partial charge on any atom is 0.137 e. The Morgan fingerprint density at radius 1 is 1.35 bits per heavy atom. The van der Waals surface area contributed by atoms with Crippen molar-refractivity contribution >= 4 is 11.6 Å². The molecule has 2 N–H and O–H groups in total. The number of hydrogen-bond acceptors (Lipinski definition) is 4. The number of anilines is 2. The molecule has 1 atom stereocenters. The van der Waals surface area contributed by atoms with Crippen LogP contribution < -0.4 is 10.6 Å². The summed E-state index contributed by atoms with van der Waals surface area (Å²) >= 11 is 0. The lowest BCUT2D eigenvalue weighted by Gasteiger charge is -2.20. The van der Waals surface area contributed by atoms with Crippen LogP contribution in [-0.4, -0.2) is 23.1 Å². The molecule has 1 aromatic heterocycles. The summed E-state index contributed by atoms with van der Waals surface area (Å²) in [4.78, 5) is 11.1. The molecule has 2 heterocycles. The predicted octanol–water partition coefficient (Wildman–Crippen LogP) is 2.30. The Labute approximate surface area is 103 Å². The van der Waals surface area contributed by atoms with Crippen LogP contribution >= 0.6 is 0 Å². The van der Waals surface area contributed by atoms with E-state index in [2.05, 4.69) is 21.8 Å². The van der Waals surface area contributed by atoms with E-state index >= 15 is 0 Å². The first kappa shape index (κ1) is 12.1. The van der Waals surface area contributed by atoms with Gasteiger partial charge in [-0.25, -0.2) is 9.97 Å². The van der Waals surface area contributed by atoms with Crippen LogP contribution in [0.25, 0.3) is 0 Å². The highest BCUT2D eigenvalue weighted by atomic mass is 15.2. The van der Waals surface area contributed by atoms with Crippen molar-refractivity contribution in [3.05, 3.63) is 11.4 Å². The average molecular weight is 234 g/mol. The zero-order chi connectivity index (χ0) is 12.4. The van der Waals surface area contributed by atoms with Gasteiger partial charge in [-0.1, -0.05) is 13.3 Å². The summed E-state index contributed by atoms with van der Waals surface area (Å²) in [6.07, 6.45) is 3.85. The average Bonchev–Trinajstić information content (AvgIpc) is 2.72. The highest BCUT2D eigenvalue weighted by molar-refractivity contribution is 5.56. The quantitative estimate of drug-likeness (QED) is 0.872. The Hall–Kier alpha value is -1.32. The van der Waals surface area contributed by atoms with E-state index in [1.54, 1.807) is 0 Å². The standard InChI is InChI=1S/C13H22N4/c1-4-5-11-6-7-17(8-11)13-9(2)12(14)15-10(3)16-13/h11H,4-8H2,1-3H3,(H2,14,15,16). The molecule has 0 bridgehead atoms. The molecular formula is C13H22N4. The predicted molar refractivity (Wildman–Crippen MR) is 71.1 cm³/mol. The van der Waals surface area contributed by atoms with Crippen LogP contribution in [0.4, 0.5) is 11.6 Å². The van der Waals surface area contributed by atoms with E-state index in [0.29, 0.717) is 5.82 Å². The highest BCUT2D eigenvalue weighted by Crippen LogP contribution is 2.28. The lowest BCUT2D eigenvalue weighted by Crippen LogP contribution is -2.23. The van der Waals surface area contributed by atoms with Crippen molar-refractivity contribution in [1.82, 2.24) is 9.97 Å². The van der Waals surface area contributed by atoms with Crippen molar-refractivity contribution in [1.29, 1.82) is 0 Å². The lowest BCUT2D eigenvalue weighted by molar-refractivity contribution is 0.529. The Bertz CT molecular complexity index is 403. The molecule has 1 saturated heterocycles. The summed E-state index contributed by atoms with van der Waals surface area (Å²) < 4.78 is 0. The number of aryl methyl sites for hydroxylation is 1. The third-order valence-corrected chi connectivity index (χ3v) is 3.55. The molecule has 0 amide bonds. The first-order valence-electron chi connectivity index (χ1n) is 6.47. The van der Waals surface area contributed by atoms with Gasteiger partial charge in [0.05, 0.1) is 0 Å². The van der Waals surface area contributed by atoms with Gasteiger partial charge in [-0.15, -0.1) is 0 Å². The summed E-state index contributed by atoms with van der Waals surface area (Å²) in [5.74, 6) is 3.23. The van der Waals surface area contributed by atoms with Gasteiger partial charge in [-0.05, 0) is 32.6 Å². The molecule has 2 rings (SSSR count). The molecule has 0 spiro atoms. The molecule has 0 aliphatic carbocycles. The van der Waals surface area contributed by atoms with E-state index < -0.39 is 0 Å². The minimum Gasteiger partial charge on any atom is -0.383 e. The van der Waals surface area contributed by atoms with Gasteiger partial charge in [0.25, 0.3) is 0 Å². The Morgan fingerprint density at radius 3 is 2.82 bits per heavy atom. The largest absolute Gasteiger partial charge is 0.383 e. The molecule has 1 unspecified atom stereocenters. The topological polar surface area (TPSA) is 55.0 Å². The number of nitrogens with two attached hydrogens (primary N) is 1. The zero-order valence-electron chi connectivity index (χ0n) is 11.0. The second-order valence-electron chi connectivity index (χ2n) is 4.99. The van der Waals surface area contributed by atoms with Gasteiger partial charge in [-0.2, -0.15) is 0 Å². The van der Waals surface area contributed by atoms with Crippen LogP contribution in [0.5, 0.6) is 0 Å². The van der Waals surface area contributed by atoms with Gasteiger partial charge in [0.15, 0.2) is 0 Å². The second-order valence-corrected chi connectivity index (χ2v) is 4.99. The van der Waals surface area contributed by atoms with Gasteiger partial charge >= 0.3 is 0 Å². The van der Waals surface area contributed by atoms with E-state index in [4.69, 9.17) is 5.73 Å². The minimum atomic E-state index is 0.617. The monoisotopic (exact) mass is 234 g/mol. The molecule has 94 valence electrons. The lowest BCUT2D eigenvalue weighted by atomic mass is 10.0. The molecule has 4 heteroatoms. The minimum absolute atomic E-state index is 0.617. The number of rotatable bonds is 3. The van der Waals surface area contributed by atoms with Crippen molar-refractivity contribution in [2.24, 2.45) is 5.92 Å². The third-order valence-electron chi connectivity index (χ3n) is 3.55. The Morgan fingerprint density at radius 2 is 2.12 bits per heavy atom. The number of aromatic nitrogens is 2. The molecule has 0 saturated carbocycles. The zero-order valence-corrected chi connectivity index (χ0v) is 11.0. The van der Waals surface area contributed by atoms with Gasteiger partial charge in [-0.3, -0.25) is 0 Å². The van der Waals surface area contributed by atoms with E-state index in [1.165, 1.54) is 19.3 Å². The molecule has 1 aliphatic heterocycles. The first-order valence-corrected chi connectivity index (χ1v) is 6.47. The Balaban J connectivity index is 2.18. The fourth-order valence-electron chi connectivity index (χ4n) is 2.61. The van der Waals surface area contributed by atoms with Crippen molar-refractivity contribution in [2.75, 3.05) is 23.7 Å². The summed E-state index contributed by atoms with van der Waals surface area (Å²) in [6.45, 7) is 8.38. The van der Waals surface area contributed by atoms with Crippen LogP contribution in [0.1, 0.15) is 37.6 Å². The van der Waals surface area contributed by atoms with E-state index in [0.717, 1.165) is 36.2 Å².